The normalized spacial score (nSPS) is 29.4. The van der Waals surface area contributed by atoms with Crippen molar-refractivity contribution in [1.29, 1.82) is 0 Å². The predicted molar refractivity (Wildman–Crippen MR) is 129 cm³/mol. The van der Waals surface area contributed by atoms with Gasteiger partial charge in [0.15, 0.2) is 11.5 Å². The Morgan fingerprint density at radius 1 is 1.09 bits per heavy atom. The zero-order valence-corrected chi connectivity index (χ0v) is 19.3. The maximum Gasteiger partial charge on any atom is 0.311 e. The summed E-state index contributed by atoms with van der Waals surface area (Å²) in [6, 6.07) is 24.3. The fourth-order valence-corrected chi connectivity index (χ4v) is 7.46. The Morgan fingerprint density at radius 3 is 2.62 bits per heavy atom. The Hall–Kier alpha value is -3.31. The van der Waals surface area contributed by atoms with E-state index >= 15 is 0 Å². The van der Waals surface area contributed by atoms with Gasteiger partial charge in [-0.3, -0.25) is 9.69 Å². The Bertz CT molecular complexity index is 1260. The van der Waals surface area contributed by atoms with Crippen molar-refractivity contribution in [2.24, 2.45) is 11.3 Å². The van der Waals surface area contributed by atoms with E-state index in [9.17, 15) is 15.0 Å². The van der Waals surface area contributed by atoms with Crippen LogP contribution in [0.15, 0.2) is 72.8 Å². The molecule has 4 atom stereocenters. The molecule has 7 rings (SSSR count). The first-order valence-electron chi connectivity index (χ1n) is 12.0. The van der Waals surface area contributed by atoms with Crippen molar-refractivity contribution in [3.8, 4) is 11.5 Å². The number of hydrogen-bond donors (Lipinski definition) is 2. The Morgan fingerprint density at radius 2 is 1.85 bits per heavy atom. The monoisotopic (exact) mass is 455 g/mol. The van der Waals surface area contributed by atoms with E-state index in [4.69, 9.17) is 4.74 Å². The summed E-state index contributed by atoms with van der Waals surface area (Å²) in [4.78, 5) is 15.6. The summed E-state index contributed by atoms with van der Waals surface area (Å²) in [5.41, 5.74) is 3.34. The number of phenolic OH excluding ortho intramolecular Hbond substituents is 1. The fourth-order valence-electron chi connectivity index (χ4n) is 7.46. The van der Waals surface area contributed by atoms with Gasteiger partial charge in [0.25, 0.3) is 0 Å². The molecule has 1 aliphatic heterocycles. The van der Waals surface area contributed by atoms with Gasteiger partial charge in [0, 0.05) is 36.9 Å². The predicted octanol–water partition coefficient (Wildman–Crippen LogP) is 4.78. The number of phenols is 1. The number of fused-ring (bicyclic) bond motifs is 1. The lowest BCUT2D eigenvalue weighted by Gasteiger charge is -2.59. The molecule has 0 radical (unpaired) electrons. The first-order valence-corrected chi connectivity index (χ1v) is 12.0. The third kappa shape index (κ3) is 2.73. The molecule has 4 aliphatic rings. The van der Waals surface area contributed by atoms with Gasteiger partial charge in [-0.25, -0.2) is 0 Å². The van der Waals surface area contributed by atoms with Crippen LogP contribution in [-0.4, -0.2) is 41.3 Å². The van der Waals surface area contributed by atoms with Crippen molar-refractivity contribution in [3.05, 3.63) is 95.1 Å². The molecule has 2 bridgehead atoms. The minimum atomic E-state index is -0.855. The highest BCUT2D eigenvalue weighted by Crippen LogP contribution is 2.69. The molecule has 2 fully saturated rings. The molecule has 1 saturated carbocycles. The van der Waals surface area contributed by atoms with Gasteiger partial charge in [-0.05, 0) is 47.2 Å². The van der Waals surface area contributed by atoms with Crippen LogP contribution >= 0.6 is 0 Å². The lowest BCUT2D eigenvalue weighted by molar-refractivity contribution is -0.157. The Kier molecular flexibility index (Phi) is 4.75. The molecular weight excluding hydrogens is 426 g/mol. The fraction of sp³-hybridized carbons (Fsp3) is 0.345. The van der Waals surface area contributed by atoms with E-state index in [1.165, 1.54) is 16.7 Å². The van der Waals surface area contributed by atoms with Crippen molar-refractivity contribution in [2.75, 3.05) is 20.2 Å². The van der Waals surface area contributed by atoms with Gasteiger partial charge in [-0.1, -0.05) is 60.7 Å². The van der Waals surface area contributed by atoms with Crippen LogP contribution < -0.4 is 4.74 Å². The molecule has 174 valence electrons. The Balaban J connectivity index is 1.55. The number of aromatic hydroxyl groups is 1. The van der Waals surface area contributed by atoms with Gasteiger partial charge in [0.1, 0.15) is 0 Å². The molecule has 3 aliphatic carbocycles. The van der Waals surface area contributed by atoms with E-state index < -0.39 is 16.8 Å². The van der Waals surface area contributed by atoms with Crippen LogP contribution in [0.1, 0.15) is 41.0 Å². The lowest BCUT2D eigenvalue weighted by Crippen LogP contribution is -2.60. The maximum atomic E-state index is 13.2. The second-order valence-electron chi connectivity index (χ2n) is 10.1. The van der Waals surface area contributed by atoms with Crippen molar-refractivity contribution in [2.45, 2.75) is 30.7 Å². The number of carbonyl (C=O) groups is 1. The summed E-state index contributed by atoms with van der Waals surface area (Å²) in [6.07, 6.45) is 1.73. The van der Waals surface area contributed by atoms with Crippen molar-refractivity contribution in [1.82, 2.24) is 4.90 Å². The smallest absolute Gasteiger partial charge is 0.311 e. The highest BCUT2D eigenvalue weighted by molar-refractivity contribution is 5.80. The number of ether oxygens (including phenoxy) is 1. The zero-order valence-electron chi connectivity index (χ0n) is 19.3. The molecule has 0 spiro atoms. The van der Waals surface area contributed by atoms with Crippen LogP contribution in [0.5, 0.6) is 11.5 Å². The number of carboxylic acids is 1. The molecule has 1 heterocycles. The first kappa shape index (κ1) is 21.2. The summed E-state index contributed by atoms with van der Waals surface area (Å²) in [5.74, 6) is -0.251. The van der Waals surface area contributed by atoms with Crippen LogP contribution in [0.2, 0.25) is 0 Å². The number of nitrogens with zero attached hydrogens (tertiary/aromatic N) is 1. The molecule has 0 amide bonds. The summed E-state index contributed by atoms with van der Waals surface area (Å²) in [6.45, 7) is 2.00. The van der Waals surface area contributed by atoms with E-state index in [0.29, 0.717) is 12.3 Å². The maximum absolute atomic E-state index is 13.2. The van der Waals surface area contributed by atoms with Gasteiger partial charge >= 0.3 is 5.97 Å². The SMILES string of the molecule is COc1cc(C23CCC(c4ccccc42)C2(C(=O)O)CN(Cc4ccccc4)CC32)ccc1O. The number of carboxylic acid groups (broad SMARTS) is 1. The minimum Gasteiger partial charge on any atom is -0.504 e. The zero-order chi connectivity index (χ0) is 23.5. The largest absolute Gasteiger partial charge is 0.504 e. The third-order valence-corrected chi connectivity index (χ3v) is 8.75. The van der Waals surface area contributed by atoms with E-state index in [1.807, 2.05) is 36.4 Å². The molecule has 2 N–H and O–H groups in total. The Labute approximate surface area is 199 Å². The highest BCUT2D eigenvalue weighted by atomic mass is 16.5. The van der Waals surface area contributed by atoms with Gasteiger partial charge in [-0.2, -0.15) is 0 Å². The van der Waals surface area contributed by atoms with Crippen molar-refractivity contribution in [3.63, 3.8) is 0 Å². The standard InChI is InChI=1S/C29H29NO4/c1-34-25-15-20(11-12-24(25)31)28-14-13-23(21-9-5-6-10-22(21)28)29(27(32)33)18-30(17-26(28)29)16-19-7-3-2-4-8-19/h2-12,15,23,26,31H,13-14,16-18H2,1H3,(H,32,33). The molecule has 3 aromatic carbocycles. The number of likely N-dealkylation sites (tertiary alicyclic amines) is 1. The molecule has 0 aromatic heterocycles. The number of rotatable bonds is 5. The molecular formula is C29H29NO4. The van der Waals surface area contributed by atoms with Crippen LogP contribution in [-0.2, 0) is 16.8 Å². The number of aliphatic carboxylic acids is 1. The lowest BCUT2D eigenvalue weighted by atomic mass is 9.42. The van der Waals surface area contributed by atoms with Crippen molar-refractivity contribution >= 4 is 5.97 Å². The average Bonchev–Trinajstić information content (AvgIpc) is 3.27. The van der Waals surface area contributed by atoms with Crippen LogP contribution in [0.3, 0.4) is 0 Å². The third-order valence-electron chi connectivity index (χ3n) is 8.75. The second kappa shape index (κ2) is 7.60. The minimum absolute atomic E-state index is 0.00661. The topological polar surface area (TPSA) is 70.0 Å². The highest BCUT2D eigenvalue weighted by Gasteiger charge is 2.70. The average molecular weight is 456 g/mol. The quantitative estimate of drug-likeness (QED) is 0.579. The molecule has 4 unspecified atom stereocenters. The van der Waals surface area contributed by atoms with Crippen LogP contribution in [0.25, 0.3) is 0 Å². The molecule has 1 saturated heterocycles. The van der Waals surface area contributed by atoms with Crippen LogP contribution in [0, 0.1) is 11.3 Å². The summed E-state index contributed by atoms with van der Waals surface area (Å²) in [7, 11) is 1.56. The van der Waals surface area contributed by atoms with Gasteiger partial charge in [0.05, 0.1) is 12.5 Å². The van der Waals surface area contributed by atoms with E-state index in [0.717, 1.165) is 31.5 Å². The van der Waals surface area contributed by atoms with Gasteiger partial charge < -0.3 is 14.9 Å². The summed E-state index contributed by atoms with van der Waals surface area (Å²) >= 11 is 0. The van der Waals surface area contributed by atoms with E-state index in [1.54, 1.807) is 13.2 Å². The summed E-state index contributed by atoms with van der Waals surface area (Å²) in [5, 5.41) is 21.1. The molecule has 5 heteroatoms. The number of methoxy groups -OCH3 is 1. The van der Waals surface area contributed by atoms with Gasteiger partial charge in [-0.15, -0.1) is 0 Å². The van der Waals surface area contributed by atoms with E-state index in [-0.39, 0.29) is 17.6 Å². The van der Waals surface area contributed by atoms with Crippen molar-refractivity contribution < 1.29 is 19.7 Å². The van der Waals surface area contributed by atoms with Gasteiger partial charge in [0.2, 0.25) is 0 Å². The molecule has 34 heavy (non-hydrogen) atoms. The first-order chi connectivity index (χ1) is 16.5. The van der Waals surface area contributed by atoms with E-state index in [2.05, 4.69) is 35.2 Å². The van der Waals surface area contributed by atoms with Crippen LogP contribution in [0.4, 0.5) is 0 Å². The molecule has 3 aromatic rings. The number of benzene rings is 3. The number of hydrogen-bond acceptors (Lipinski definition) is 4. The second-order valence-corrected chi connectivity index (χ2v) is 10.1. The molecule has 5 nitrogen and oxygen atoms in total. The summed E-state index contributed by atoms with van der Waals surface area (Å²) < 4.78 is 5.47.